The van der Waals surface area contributed by atoms with E-state index in [1.54, 1.807) is 6.07 Å². The molecule has 106 valence electrons. The van der Waals surface area contributed by atoms with Crippen LogP contribution in [0.2, 0.25) is 5.22 Å². The van der Waals surface area contributed by atoms with Crippen LogP contribution in [0.1, 0.15) is 38.4 Å². The molecular weight excluding hydrogens is 266 g/mol. The smallest absolute Gasteiger partial charge is 0.308 e. The molecule has 0 radical (unpaired) electrons. The van der Waals surface area contributed by atoms with Gasteiger partial charge in [-0.2, -0.15) is 0 Å². The van der Waals surface area contributed by atoms with Crippen molar-refractivity contribution >= 4 is 17.6 Å². The van der Waals surface area contributed by atoms with Gasteiger partial charge in [-0.3, -0.25) is 4.79 Å². The minimum atomic E-state index is -0.0428. The van der Waals surface area contributed by atoms with E-state index in [4.69, 9.17) is 20.8 Å². The first-order valence-corrected chi connectivity index (χ1v) is 7.21. The third kappa shape index (κ3) is 4.25. The molecule has 0 amide bonds. The molecule has 0 unspecified atom stereocenters. The fraction of sp³-hybridized carbons (Fsp3) is 0.643. The first-order valence-electron chi connectivity index (χ1n) is 6.83. The van der Waals surface area contributed by atoms with Gasteiger partial charge in [-0.05, 0) is 56.3 Å². The van der Waals surface area contributed by atoms with Gasteiger partial charge in [0.05, 0.1) is 19.1 Å². The van der Waals surface area contributed by atoms with Gasteiger partial charge in [-0.1, -0.05) is 0 Å². The minimum absolute atomic E-state index is 0.0428. The lowest BCUT2D eigenvalue weighted by atomic mass is 9.86. The van der Waals surface area contributed by atoms with Crippen LogP contribution in [-0.2, 0) is 16.1 Å². The number of esters is 1. The summed E-state index contributed by atoms with van der Waals surface area (Å²) in [6.45, 7) is 3.00. The number of hydrogen-bond acceptors (Lipinski definition) is 4. The molecule has 1 heterocycles. The minimum Gasteiger partial charge on any atom is -0.466 e. The highest BCUT2D eigenvalue weighted by Gasteiger charge is 2.26. The zero-order chi connectivity index (χ0) is 13.7. The van der Waals surface area contributed by atoms with Crippen LogP contribution in [0.4, 0.5) is 0 Å². The van der Waals surface area contributed by atoms with Crippen LogP contribution in [0.25, 0.3) is 0 Å². The van der Waals surface area contributed by atoms with Crippen molar-refractivity contribution in [2.45, 2.75) is 45.2 Å². The van der Waals surface area contributed by atoms with Gasteiger partial charge in [0.1, 0.15) is 5.76 Å². The molecule has 0 bridgehead atoms. The normalized spacial score (nSPS) is 23.3. The van der Waals surface area contributed by atoms with Gasteiger partial charge in [0.25, 0.3) is 0 Å². The Bertz CT molecular complexity index is 411. The molecule has 0 atom stereocenters. The first-order chi connectivity index (χ1) is 9.19. The van der Waals surface area contributed by atoms with E-state index in [0.717, 1.165) is 31.4 Å². The molecule has 2 rings (SSSR count). The van der Waals surface area contributed by atoms with E-state index in [1.165, 1.54) is 0 Å². The maximum atomic E-state index is 11.6. The van der Waals surface area contributed by atoms with Crippen molar-refractivity contribution in [3.8, 4) is 0 Å². The highest BCUT2D eigenvalue weighted by Crippen LogP contribution is 2.25. The van der Waals surface area contributed by atoms with Crippen LogP contribution < -0.4 is 5.32 Å². The van der Waals surface area contributed by atoms with Gasteiger partial charge in [0.2, 0.25) is 0 Å². The molecule has 1 aromatic rings. The Labute approximate surface area is 118 Å². The molecule has 1 saturated carbocycles. The fourth-order valence-corrected chi connectivity index (χ4v) is 2.65. The zero-order valence-electron chi connectivity index (χ0n) is 11.2. The van der Waals surface area contributed by atoms with E-state index in [-0.39, 0.29) is 11.9 Å². The standard InChI is InChI=1S/C14H20ClNO3/c1-2-18-14(17)10-3-5-11(6-4-10)16-9-12-7-8-13(15)19-12/h7-8,10-11,16H,2-6,9H2,1H3. The van der Waals surface area contributed by atoms with Crippen LogP contribution in [0, 0.1) is 5.92 Å². The van der Waals surface area contributed by atoms with Gasteiger partial charge in [0.15, 0.2) is 5.22 Å². The average molecular weight is 286 g/mol. The monoisotopic (exact) mass is 285 g/mol. The predicted octanol–water partition coefficient (Wildman–Crippen LogP) is 3.14. The number of furan rings is 1. The molecule has 1 fully saturated rings. The number of carbonyl (C=O) groups is 1. The van der Waals surface area contributed by atoms with Gasteiger partial charge < -0.3 is 14.5 Å². The topological polar surface area (TPSA) is 51.5 Å². The van der Waals surface area contributed by atoms with Crippen LogP contribution in [0.3, 0.4) is 0 Å². The predicted molar refractivity (Wildman–Crippen MR) is 72.9 cm³/mol. The third-order valence-electron chi connectivity index (χ3n) is 3.54. The molecule has 1 aliphatic rings. The van der Waals surface area contributed by atoms with Gasteiger partial charge in [-0.15, -0.1) is 0 Å². The van der Waals surface area contributed by atoms with E-state index in [2.05, 4.69) is 5.32 Å². The van der Waals surface area contributed by atoms with Crippen molar-refractivity contribution in [1.29, 1.82) is 0 Å². The molecule has 0 aromatic carbocycles. The van der Waals surface area contributed by atoms with Gasteiger partial charge in [-0.25, -0.2) is 0 Å². The second kappa shape index (κ2) is 6.96. The maximum absolute atomic E-state index is 11.6. The molecule has 0 spiro atoms. The van der Waals surface area contributed by atoms with Crippen molar-refractivity contribution in [1.82, 2.24) is 5.32 Å². The summed E-state index contributed by atoms with van der Waals surface area (Å²) in [4.78, 5) is 11.6. The molecule has 5 heteroatoms. The largest absolute Gasteiger partial charge is 0.466 e. The summed E-state index contributed by atoms with van der Waals surface area (Å²) in [5.74, 6) is 0.882. The highest BCUT2D eigenvalue weighted by atomic mass is 35.5. The van der Waals surface area contributed by atoms with E-state index in [1.807, 2.05) is 13.0 Å². The molecule has 4 nitrogen and oxygen atoms in total. The van der Waals surface area contributed by atoms with E-state index >= 15 is 0 Å². The molecule has 0 saturated heterocycles. The van der Waals surface area contributed by atoms with E-state index < -0.39 is 0 Å². The summed E-state index contributed by atoms with van der Waals surface area (Å²) in [5, 5.41) is 3.86. The van der Waals surface area contributed by atoms with Crippen LogP contribution >= 0.6 is 11.6 Å². The SMILES string of the molecule is CCOC(=O)C1CCC(NCc2ccc(Cl)o2)CC1. The maximum Gasteiger partial charge on any atom is 0.308 e. The second-order valence-corrected chi connectivity index (χ2v) is 5.26. The lowest BCUT2D eigenvalue weighted by Crippen LogP contribution is -2.35. The third-order valence-corrected chi connectivity index (χ3v) is 3.74. The number of hydrogen-bond donors (Lipinski definition) is 1. The van der Waals surface area contributed by atoms with Crippen molar-refractivity contribution in [2.75, 3.05) is 6.61 Å². The Balaban J connectivity index is 1.70. The number of carbonyl (C=O) groups excluding carboxylic acids is 1. The average Bonchev–Trinajstić information content (AvgIpc) is 2.83. The molecule has 1 N–H and O–H groups in total. The Kier molecular flexibility index (Phi) is 5.28. The molecule has 0 aliphatic heterocycles. The summed E-state index contributed by atoms with van der Waals surface area (Å²) in [6, 6.07) is 4.06. The Hall–Kier alpha value is -1.00. The highest BCUT2D eigenvalue weighted by molar-refractivity contribution is 6.28. The molecule has 19 heavy (non-hydrogen) atoms. The van der Waals surface area contributed by atoms with Gasteiger partial charge >= 0.3 is 5.97 Å². The summed E-state index contributed by atoms with van der Waals surface area (Å²) in [6.07, 6.45) is 3.79. The molecular formula is C14H20ClNO3. The summed E-state index contributed by atoms with van der Waals surface area (Å²) in [7, 11) is 0. The van der Waals surface area contributed by atoms with Crippen molar-refractivity contribution < 1.29 is 13.9 Å². The van der Waals surface area contributed by atoms with E-state index in [0.29, 0.717) is 24.4 Å². The quantitative estimate of drug-likeness (QED) is 0.845. The van der Waals surface area contributed by atoms with Crippen molar-refractivity contribution in [3.05, 3.63) is 23.1 Å². The second-order valence-electron chi connectivity index (χ2n) is 4.89. The van der Waals surface area contributed by atoms with Gasteiger partial charge in [0, 0.05) is 6.04 Å². The lowest BCUT2D eigenvalue weighted by Gasteiger charge is -2.27. The number of rotatable bonds is 5. The summed E-state index contributed by atoms with van der Waals surface area (Å²) < 4.78 is 10.4. The fourth-order valence-electron chi connectivity index (χ4n) is 2.49. The number of nitrogens with one attached hydrogen (secondary N) is 1. The zero-order valence-corrected chi connectivity index (χ0v) is 11.9. The molecule has 1 aromatic heterocycles. The van der Waals surface area contributed by atoms with Crippen LogP contribution in [-0.4, -0.2) is 18.6 Å². The van der Waals surface area contributed by atoms with Crippen LogP contribution in [0.5, 0.6) is 0 Å². The van der Waals surface area contributed by atoms with E-state index in [9.17, 15) is 4.79 Å². The lowest BCUT2D eigenvalue weighted by molar-refractivity contribution is -0.149. The number of halogens is 1. The Morgan fingerprint density at radius 1 is 1.42 bits per heavy atom. The van der Waals surface area contributed by atoms with Crippen LogP contribution in [0.15, 0.2) is 16.5 Å². The molecule has 1 aliphatic carbocycles. The van der Waals surface area contributed by atoms with Crippen molar-refractivity contribution in [3.63, 3.8) is 0 Å². The Morgan fingerprint density at radius 3 is 2.74 bits per heavy atom. The number of ether oxygens (including phenoxy) is 1. The Morgan fingerprint density at radius 2 is 2.16 bits per heavy atom. The summed E-state index contributed by atoms with van der Waals surface area (Å²) >= 11 is 5.72. The van der Waals surface area contributed by atoms with Crippen molar-refractivity contribution in [2.24, 2.45) is 5.92 Å². The first kappa shape index (κ1) is 14.4. The summed E-state index contributed by atoms with van der Waals surface area (Å²) in [5.41, 5.74) is 0.